The molecule has 3 heterocycles. The molecule has 108 valence electrons. The molecule has 2 atom stereocenters. The molecule has 2 aliphatic heterocycles. The van der Waals surface area contributed by atoms with Crippen molar-refractivity contribution in [1.29, 1.82) is 0 Å². The molecule has 0 aromatic carbocycles. The molecular formula is C14H18ClN3O2. The van der Waals surface area contributed by atoms with E-state index in [4.69, 9.17) is 16.3 Å². The second kappa shape index (κ2) is 5.30. The van der Waals surface area contributed by atoms with Crippen LogP contribution in [0.2, 0.25) is 5.28 Å². The maximum atomic E-state index is 12.4. The number of Topliss-reactive ketones (excluding diaryl/α,β-unsaturated/α-hetero) is 1. The van der Waals surface area contributed by atoms with Crippen LogP contribution in [0.4, 0.5) is 5.82 Å². The first-order valence-electron chi connectivity index (χ1n) is 7.01. The van der Waals surface area contributed by atoms with Gasteiger partial charge < -0.3 is 9.64 Å². The van der Waals surface area contributed by atoms with Crippen molar-refractivity contribution in [3.63, 3.8) is 0 Å². The van der Waals surface area contributed by atoms with Gasteiger partial charge in [-0.25, -0.2) is 9.97 Å². The standard InChI is InChI=1S/C14H18ClN3O2/c1-3-10-9-7-12(19)11-6-8(20-2)4-5-18(11)13(9)17-14(15)16-10/h8,11H,3-7H2,1-2H3/t8-,11+/m0/s1. The summed E-state index contributed by atoms with van der Waals surface area (Å²) in [5, 5.41) is 0.266. The highest BCUT2D eigenvalue weighted by Gasteiger charge is 2.39. The minimum Gasteiger partial charge on any atom is -0.381 e. The van der Waals surface area contributed by atoms with Crippen molar-refractivity contribution in [2.75, 3.05) is 18.6 Å². The Balaban J connectivity index is 2.02. The number of carbonyl (C=O) groups excluding carboxylic acids is 1. The van der Waals surface area contributed by atoms with Crippen molar-refractivity contribution in [1.82, 2.24) is 9.97 Å². The van der Waals surface area contributed by atoms with E-state index in [2.05, 4.69) is 14.9 Å². The molecule has 1 fully saturated rings. The van der Waals surface area contributed by atoms with Crippen molar-refractivity contribution in [3.8, 4) is 0 Å². The predicted molar refractivity (Wildman–Crippen MR) is 76.3 cm³/mol. The van der Waals surface area contributed by atoms with Gasteiger partial charge in [-0.2, -0.15) is 0 Å². The molecule has 0 bridgehead atoms. The Bertz CT molecular complexity index is 549. The first kappa shape index (κ1) is 13.8. The lowest BCUT2D eigenvalue weighted by atomic mass is 9.88. The molecule has 20 heavy (non-hydrogen) atoms. The van der Waals surface area contributed by atoms with Crippen molar-refractivity contribution in [2.24, 2.45) is 0 Å². The van der Waals surface area contributed by atoms with Gasteiger partial charge in [0.25, 0.3) is 0 Å². The summed E-state index contributed by atoms with van der Waals surface area (Å²) in [5.74, 6) is 1.08. The number of anilines is 1. The van der Waals surface area contributed by atoms with Crippen molar-refractivity contribution >= 4 is 23.2 Å². The fourth-order valence-electron chi connectivity index (χ4n) is 3.20. The van der Waals surface area contributed by atoms with Gasteiger partial charge >= 0.3 is 0 Å². The number of methoxy groups -OCH3 is 1. The van der Waals surface area contributed by atoms with Crippen molar-refractivity contribution < 1.29 is 9.53 Å². The second-order valence-corrected chi connectivity index (χ2v) is 5.67. The third-order valence-electron chi connectivity index (χ3n) is 4.26. The van der Waals surface area contributed by atoms with Crippen molar-refractivity contribution in [3.05, 3.63) is 16.5 Å². The van der Waals surface area contributed by atoms with Crippen LogP contribution < -0.4 is 4.90 Å². The van der Waals surface area contributed by atoms with Crippen LogP contribution in [-0.2, 0) is 22.4 Å². The molecule has 1 aromatic heterocycles. The number of carbonyl (C=O) groups is 1. The van der Waals surface area contributed by atoms with Gasteiger partial charge in [0.05, 0.1) is 17.8 Å². The van der Waals surface area contributed by atoms with E-state index in [-0.39, 0.29) is 23.2 Å². The summed E-state index contributed by atoms with van der Waals surface area (Å²) >= 11 is 6.03. The maximum Gasteiger partial charge on any atom is 0.224 e. The van der Waals surface area contributed by atoms with E-state index in [1.165, 1.54) is 0 Å². The molecule has 2 aliphatic rings. The van der Waals surface area contributed by atoms with Crippen LogP contribution >= 0.6 is 11.6 Å². The summed E-state index contributed by atoms with van der Waals surface area (Å²) in [5.41, 5.74) is 1.84. The zero-order chi connectivity index (χ0) is 14.3. The van der Waals surface area contributed by atoms with Crippen LogP contribution in [-0.4, -0.2) is 41.6 Å². The molecule has 0 aliphatic carbocycles. The number of halogens is 1. The Morgan fingerprint density at radius 2 is 2.25 bits per heavy atom. The predicted octanol–water partition coefficient (Wildman–Crippen LogP) is 1.80. The van der Waals surface area contributed by atoms with Gasteiger partial charge in [0.2, 0.25) is 5.28 Å². The number of fused-ring (bicyclic) bond motifs is 3. The van der Waals surface area contributed by atoms with Gasteiger partial charge in [0.15, 0.2) is 5.78 Å². The Morgan fingerprint density at radius 3 is 2.95 bits per heavy atom. The van der Waals surface area contributed by atoms with E-state index in [0.29, 0.717) is 6.42 Å². The number of hydrogen-bond acceptors (Lipinski definition) is 5. The molecule has 1 saturated heterocycles. The average molecular weight is 296 g/mol. The number of ether oxygens (including phenoxy) is 1. The third-order valence-corrected chi connectivity index (χ3v) is 4.43. The number of nitrogens with zero attached hydrogens (tertiary/aromatic N) is 3. The summed E-state index contributed by atoms with van der Waals surface area (Å²) in [4.78, 5) is 23.1. The zero-order valence-corrected chi connectivity index (χ0v) is 12.5. The van der Waals surface area contributed by atoms with Crippen molar-refractivity contribution in [2.45, 2.75) is 44.8 Å². The topological polar surface area (TPSA) is 55.3 Å². The lowest BCUT2D eigenvalue weighted by Gasteiger charge is -2.42. The molecule has 0 amide bonds. The molecule has 6 heteroatoms. The number of aryl methyl sites for hydroxylation is 1. The van der Waals surface area contributed by atoms with E-state index >= 15 is 0 Å². The highest BCUT2D eigenvalue weighted by atomic mass is 35.5. The van der Waals surface area contributed by atoms with Gasteiger partial charge in [-0.3, -0.25) is 4.79 Å². The number of hydrogen-bond donors (Lipinski definition) is 0. The van der Waals surface area contributed by atoms with E-state index in [1.54, 1.807) is 7.11 Å². The van der Waals surface area contributed by atoms with E-state index < -0.39 is 0 Å². The highest BCUT2D eigenvalue weighted by molar-refractivity contribution is 6.28. The van der Waals surface area contributed by atoms with E-state index in [9.17, 15) is 4.79 Å². The Morgan fingerprint density at radius 1 is 1.45 bits per heavy atom. The third kappa shape index (κ3) is 2.19. The van der Waals surface area contributed by atoms with Crippen LogP contribution in [0.15, 0.2) is 0 Å². The minimum absolute atomic E-state index is 0.128. The SMILES string of the molecule is CCc1nc(Cl)nc2c1CC(=O)[C@H]1C[C@@H](OC)CCN21. The van der Waals surface area contributed by atoms with Gasteiger partial charge in [-0.1, -0.05) is 6.92 Å². The zero-order valence-electron chi connectivity index (χ0n) is 11.7. The molecule has 3 rings (SSSR count). The second-order valence-electron chi connectivity index (χ2n) is 5.33. The summed E-state index contributed by atoms with van der Waals surface area (Å²) < 4.78 is 5.41. The maximum absolute atomic E-state index is 12.4. The fraction of sp³-hybridized carbons (Fsp3) is 0.643. The summed E-state index contributed by atoms with van der Waals surface area (Å²) in [7, 11) is 1.70. The molecule has 5 nitrogen and oxygen atoms in total. The Kier molecular flexibility index (Phi) is 3.65. The Hall–Kier alpha value is -1.20. The van der Waals surface area contributed by atoms with Gasteiger partial charge in [-0.15, -0.1) is 0 Å². The first-order valence-corrected chi connectivity index (χ1v) is 7.39. The number of rotatable bonds is 2. The van der Waals surface area contributed by atoms with E-state index in [0.717, 1.165) is 42.9 Å². The Labute approximate surface area is 123 Å². The molecule has 0 N–H and O–H groups in total. The summed E-state index contributed by atoms with van der Waals surface area (Å²) in [6, 6.07) is -0.128. The largest absolute Gasteiger partial charge is 0.381 e. The van der Waals surface area contributed by atoms with Gasteiger partial charge in [0.1, 0.15) is 5.82 Å². The van der Waals surface area contributed by atoms with Crippen LogP contribution in [0, 0.1) is 0 Å². The molecule has 0 spiro atoms. The smallest absolute Gasteiger partial charge is 0.224 e. The number of piperidine rings is 1. The minimum atomic E-state index is -0.128. The van der Waals surface area contributed by atoms with Gasteiger partial charge in [0, 0.05) is 32.1 Å². The lowest BCUT2D eigenvalue weighted by molar-refractivity contribution is -0.121. The molecule has 0 radical (unpaired) electrons. The quantitative estimate of drug-likeness (QED) is 0.779. The number of aromatic nitrogens is 2. The summed E-state index contributed by atoms with van der Waals surface area (Å²) in [6.45, 7) is 2.80. The number of ketones is 1. The van der Waals surface area contributed by atoms with Crippen LogP contribution in [0.3, 0.4) is 0 Å². The first-order chi connectivity index (χ1) is 9.63. The normalized spacial score (nSPS) is 25.4. The van der Waals surface area contributed by atoms with Crippen LogP contribution in [0.25, 0.3) is 0 Å². The van der Waals surface area contributed by atoms with Crippen LogP contribution in [0.1, 0.15) is 31.0 Å². The highest BCUT2D eigenvalue weighted by Crippen LogP contribution is 2.35. The lowest BCUT2D eigenvalue weighted by Crippen LogP contribution is -2.53. The molecule has 0 unspecified atom stereocenters. The average Bonchev–Trinajstić information content (AvgIpc) is 2.47. The summed E-state index contributed by atoms with van der Waals surface area (Å²) in [6.07, 6.45) is 2.97. The fourth-order valence-corrected chi connectivity index (χ4v) is 3.38. The van der Waals surface area contributed by atoms with Gasteiger partial charge in [-0.05, 0) is 24.4 Å². The molecule has 0 saturated carbocycles. The van der Waals surface area contributed by atoms with E-state index in [1.807, 2.05) is 6.92 Å². The van der Waals surface area contributed by atoms with Crippen LogP contribution in [0.5, 0.6) is 0 Å². The monoisotopic (exact) mass is 295 g/mol. The molecule has 1 aromatic rings. The molecular weight excluding hydrogens is 278 g/mol.